The highest BCUT2D eigenvalue weighted by atomic mass is 15.0. The van der Waals surface area contributed by atoms with Crippen molar-refractivity contribution in [1.82, 2.24) is 4.57 Å². The maximum Gasteiger partial charge on any atom is 0.0991 e. The molecule has 2 aliphatic rings. The minimum atomic E-state index is -0.481. The molecule has 1 spiro atoms. The molecule has 1 aliphatic heterocycles. The number of aromatic nitrogens is 1. The van der Waals surface area contributed by atoms with E-state index in [1.807, 2.05) is 12.1 Å². The van der Waals surface area contributed by atoms with Crippen LogP contribution in [0.15, 0.2) is 133 Å². The third-order valence-corrected chi connectivity index (χ3v) is 10.1. The van der Waals surface area contributed by atoms with E-state index in [0.29, 0.717) is 5.56 Å². The van der Waals surface area contributed by atoms with Crippen molar-refractivity contribution >= 4 is 21.8 Å². The van der Waals surface area contributed by atoms with Crippen LogP contribution in [0.4, 0.5) is 0 Å². The number of fused-ring (bicyclic) bond motifs is 11. The first kappa shape index (κ1) is 24.2. The lowest BCUT2D eigenvalue weighted by atomic mass is 9.53. The molecule has 2 nitrogen and oxygen atoms in total. The maximum absolute atomic E-state index is 9.37. The molecule has 0 N–H and O–H groups in total. The van der Waals surface area contributed by atoms with Gasteiger partial charge in [0.05, 0.1) is 33.8 Å². The van der Waals surface area contributed by atoms with E-state index in [1.165, 1.54) is 66.4 Å². The van der Waals surface area contributed by atoms with E-state index >= 15 is 0 Å². The molecule has 0 bridgehead atoms. The summed E-state index contributed by atoms with van der Waals surface area (Å²) in [5.41, 5.74) is 14.1. The van der Waals surface area contributed by atoms with Gasteiger partial charge in [-0.2, -0.15) is 5.26 Å². The highest BCUT2D eigenvalue weighted by Gasteiger charge is 2.52. The van der Waals surface area contributed by atoms with Crippen molar-refractivity contribution in [1.29, 1.82) is 5.26 Å². The van der Waals surface area contributed by atoms with Crippen molar-refractivity contribution < 1.29 is 0 Å². The summed E-state index contributed by atoms with van der Waals surface area (Å²) in [5, 5.41) is 11.9. The minimum absolute atomic E-state index is 0.216. The van der Waals surface area contributed by atoms with Crippen LogP contribution in [-0.4, -0.2) is 4.57 Å². The summed E-state index contributed by atoms with van der Waals surface area (Å²) in [4.78, 5) is 0. The second kappa shape index (κ2) is 8.34. The van der Waals surface area contributed by atoms with E-state index < -0.39 is 5.41 Å². The second-order valence-corrected chi connectivity index (χ2v) is 12.4. The van der Waals surface area contributed by atoms with Gasteiger partial charge in [-0.3, -0.25) is 0 Å². The molecule has 0 saturated heterocycles. The predicted molar refractivity (Wildman–Crippen MR) is 175 cm³/mol. The Morgan fingerprint density at radius 3 is 1.98 bits per heavy atom. The first-order valence-corrected chi connectivity index (χ1v) is 14.9. The molecular weight excluding hydrogens is 520 g/mol. The van der Waals surface area contributed by atoms with Gasteiger partial charge in [-0.25, -0.2) is 0 Å². The minimum Gasteiger partial charge on any atom is -0.309 e. The normalized spacial score (nSPS) is 17.3. The van der Waals surface area contributed by atoms with E-state index in [-0.39, 0.29) is 5.41 Å². The third kappa shape index (κ3) is 2.92. The average Bonchev–Trinajstić information content (AvgIpc) is 3.40. The predicted octanol–water partition coefficient (Wildman–Crippen LogP) is 9.66. The third-order valence-electron chi connectivity index (χ3n) is 10.1. The number of hydrogen-bond donors (Lipinski definition) is 0. The molecule has 0 radical (unpaired) electrons. The summed E-state index contributed by atoms with van der Waals surface area (Å²) in [7, 11) is 0. The molecule has 0 saturated carbocycles. The van der Waals surface area contributed by atoms with Gasteiger partial charge in [0, 0.05) is 16.2 Å². The monoisotopic (exact) mass is 548 g/mol. The molecule has 1 atom stereocenters. The molecule has 202 valence electrons. The second-order valence-electron chi connectivity index (χ2n) is 12.4. The first-order valence-electron chi connectivity index (χ1n) is 14.9. The van der Waals surface area contributed by atoms with Crippen molar-refractivity contribution in [2.24, 2.45) is 0 Å². The van der Waals surface area contributed by atoms with Crippen molar-refractivity contribution in [2.75, 3.05) is 0 Å². The molecule has 0 amide bonds. The molecule has 43 heavy (non-hydrogen) atoms. The summed E-state index contributed by atoms with van der Waals surface area (Å²) in [6.45, 7) is 4.73. The largest absolute Gasteiger partial charge is 0.309 e. The first-order chi connectivity index (χ1) is 21.0. The van der Waals surface area contributed by atoms with Crippen LogP contribution in [0.3, 0.4) is 0 Å². The highest BCUT2D eigenvalue weighted by Crippen LogP contribution is 2.60. The van der Waals surface area contributed by atoms with Gasteiger partial charge in [0.15, 0.2) is 0 Å². The van der Waals surface area contributed by atoms with Crippen LogP contribution in [0.2, 0.25) is 0 Å². The van der Waals surface area contributed by atoms with Crippen LogP contribution in [0, 0.1) is 11.3 Å². The number of benzene rings is 6. The van der Waals surface area contributed by atoms with Crippen LogP contribution in [0.25, 0.3) is 38.6 Å². The summed E-state index contributed by atoms with van der Waals surface area (Å²) in [5.74, 6) is 0. The number of nitrogens with zero attached hydrogens (tertiary/aromatic N) is 2. The molecule has 7 aromatic rings. The van der Waals surface area contributed by atoms with Crippen LogP contribution >= 0.6 is 0 Å². The van der Waals surface area contributed by atoms with E-state index in [4.69, 9.17) is 0 Å². The molecule has 2 heterocycles. The summed E-state index contributed by atoms with van der Waals surface area (Å²) >= 11 is 0. The van der Waals surface area contributed by atoms with E-state index in [2.05, 4.69) is 146 Å². The lowest BCUT2D eigenvalue weighted by Gasteiger charge is -2.50. The summed E-state index contributed by atoms with van der Waals surface area (Å²) < 4.78 is 2.49. The van der Waals surface area contributed by atoms with Crippen molar-refractivity contribution in [3.63, 3.8) is 0 Å². The highest BCUT2D eigenvalue weighted by molar-refractivity contribution is 6.12. The Bertz CT molecular complexity index is 2330. The number of hydrogen-bond acceptors (Lipinski definition) is 1. The zero-order chi connectivity index (χ0) is 28.9. The number of para-hydroxylation sites is 3. The maximum atomic E-state index is 9.37. The Balaban J connectivity index is 1.47. The smallest absolute Gasteiger partial charge is 0.0991 e. The van der Waals surface area contributed by atoms with Gasteiger partial charge in [-0.1, -0.05) is 117 Å². The summed E-state index contributed by atoms with van der Waals surface area (Å²) in [6.07, 6.45) is 0. The molecule has 9 rings (SSSR count). The van der Waals surface area contributed by atoms with Gasteiger partial charge in [-0.15, -0.1) is 0 Å². The van der Waals surface area contributed by atoms with Gasteiger partial charge in [0.25, 0.3) is 0 Å². The molecule has 0 fully saturated rings. The number of rotatable bonds is 1. The van der Waals surface area contributed by atoms with Crippen LogP contribution in [-0.2, 0) is 10.8 Å². The van der Waals surface area contributed by atoms with Crippen molar-refractivity contribution in [2.45, 2.75) is 24.7 Å². The number of nitriles is 1. The van der Waals surface area contributed by atoms with Gasteiger partial charge in [-0.05, 0) is 74.8 Å². The quantitative estimate of drug-likeness (QED) is 0.201. The molecule has 1 aliphatic carbocycles. The van der Waals surface area contributed by atoms with Crippen molar-refractivity contribution in [3.05, 3.63) is 172 Å². The summed E-state index contributed by atoms with van der Waals surface area (Å²) in [6, 6.07) is 51.1. The Morgan fingerprint density at radius 1 is 0.535 bits per heavy atom. The lowest BCUT2D eigenvalue weighted by Crippen LogP contribution is -2.44. The standard InChI is InChI=1S/C41H28N2/c1-40(2)31-12-4-5-13-32(31)41(33-23-22-28(24-36(33)40)27-20-18-26(25-42)19-21-27)34-14-6-8-17-38(34)43-37-16-7-3-10-29(37)30-11-9-15-35(41)39(30)43/h3-24H,1-2H3. The van der Waals surface area contributed by atoms with Crippen LogP contribution in [0.5, 0.6) is 0 Å². The zero-order valence-corrected chi connectivity index (χ0v) is 24.1. The van der Waals surface area contributed by atoms with E-state index in [1.54, 1.807) is 0 Å². The van der Waals surface area contributed by atoms with Gasteiger partial charge >= 0.3 is 0 Å². The Hall–Kier alpha value is -5.39. The molecule has 1 unspecified atom stereocenters. The van der Waals surface area contributed by atoms with Crippen LogP contribution in [0.1, 0.15) is 52.8 Å². The fraction of sp³-hybridized carbons (Fsp3) is 0.0976. The Labute approximate surface area is 251 Å². The molecule has 6 aromatic carbocycles. The van der Waals surface area contributed by atoms with E-state index in [9.17, 15) is 5.26 Å². The van der Waals surface area contributed by atoms with E-state index in [0.717, 1.165) is 5.56 Å². The van der Waals surface area contributed by atoms with Gasteiger partial charge < -0.3 is 4.57 Å². The zero-order valence-electron chi connectivity index (χ0n) is 24.1. The molecule has 1 aromatic heterocycles. The average molecular weight is 549 g/mol. The van der Waals surface area contributed by atoms with Gasteiger partial charge in [0.2, 0.25) is 0 Å². The SMILES string of the molecule is CC1(C)c2ccccc2C2(c3ccccc3-n3c4ccccc4c4cccc2c43)c2ccc(-c3ccc(C#N)cc3)cc21. The van der Waals surface area contributed by atoms with Crippen LogP contribution < -0.4 is 0 Å². The Morgan fingerprint density at radius 2 is 1.16 bits per heavy atom. The fourth-order valence-electron chi connectivity index (χ4n) is 8.23. The Kier molecular flexibility index (Phi) is 4.70. The lowest BCUT2D eigenvalue weighted by molar-refractivity contribution is 0.556. The fourth-order valence-corrected chi connectivity index (χ4v) is 8.23. The topological polar surface area (TPSA) is 28.7 Å². The van der Waals surface area contributed by atoms with Crippen molar-refractivity contribution in [3.8, 4) is 22.9 Å². The molecular formula is C41H28N2. The van der Waals surface area contributed by atoms with Gasteiger partial charge in [0.1, 0.15) is 0 Å². The molecule has 2 heteroatoms.